The van der Waals surface area contributed by atoms with Crippen LogP contribution in [0.2, 0.25) is 0 Å². The average Bonchev–Trinajstić information content (AvgIpc) is 2.38. The van der Waals surface area contributed by atoms with Gasteiger partial charge < -0.3 is 5.32 Å². The van der Waals surface area contributed by atoms with Gasteiger partial charge >= 0.3 is 0 Å². The second-order valence-electron chi connectivity index (χ2n) is 6.59. The topological polar surface area (TPSA) is 15.3 Å². The van der Waals surface area contributed by atoms with Crippen molar-refractivity contribution in [2.24, 2.45) is 0 Å². The van der Waals surface area contributed by atoms with Crippen LogP contribution in [0.15, 0.2) is 18.2 Å². The number of rotatable bonds is 4. The van der Waals surface area contributed by atoms with Crippen LogP contribution in [0, 0.1) is 13.8 Å². The molecule has 2 heteroatoms. The Morgan fingerprint density at radius 1 is 1.15 bits per heavy atom. The number of piperazine rings is 1. The second-order valence-corrected chi connectivity index (χ2v) is 6.59. The van der Waals surface area contributed by atoms with Crippen LogP contribution in [-0.4, -0.2) is 29.6 Å². The summed E-state index contributed by atoms with van der Waals surface area (Å²) in [5.41, 5.74) is 4.54. The minimum absolute atomic E-state index is 0.324. The zero-order valence-corrected chi connectivity index (χ0v) is 13.8. The zero-order valence-electron chi connectivity index (χ0n) is 13.8. The Hall–Kier alpha value is -0.860. The van der Waals surface area contributed by atoms with Gasteiger partial charge in [0.1, 0.15) is 0 Å². The molecule has 1 aliphatic heterocycles. The van der Waals surface area contributed by atoms with Gasteiger partial charge in [-0.15, -0.1) is 0 Å². The minimum Gasteiger partial charge on any atom is -0.311 e. The fourth-order valence-corrected chi connectivity index (χ4v) is 3.62. The molecule has 1 aliphatic rings. The Bertz CT molecular complexity index is 428. The Labute approximate surface area is 124 Å². The van der Waals surface area contributed by atoms with Crippen molar-refractivity contribution in [3.63, 3.8) is 0 Å². The number of hydrogen-bond donors (Lipinski definition) is 1. The van der Waals surface area contributed by atoms with Gasteiger partial charge in [0.15, 0.2) is 0 Å². The van der Waals surface area contributed by atoms with Crippen molar-refractivity contribution in [2.45, 2.75) is 65.6 Å². The molecule has 1 unspecified atom stereocenters. The largest absolute Gasteiger partial charge is 0.311 e. The molecule has 112 valence electrons. The van der Waals surface area contributed by atoms with Gasteiger partial charge in [0.25, 0.3) is 0 Å². The predicted octanol–water partition coefficient (Wildman–Crippen LogP) is 3.66. The summed E-state index contributed by atoms with van der Waals surface area (Å²) in [7, 11) is 0. The molecule has 1 aromatic carbocycles. The molecule has 2 nitrogen and oxygen atoms in total. The molecule has 0 aromatic heterocycles. The lowest BCUT2D eigenvalue weighted by Crippen LogP contribution is -2.63. The fourth-order valence-electron chi connectivity index (χ4n) is 3.62. The third-order valence-corrected chi connectivity index (χ3v) is 4.92. The van der Waals surface area contributed by atoms with E-state index in [1.54, 1.807) is 0 Å². The highest BCUT2D eigenvalue weighted by atomic mass is 15.3. The molecule has 1 atom stereocenters. The summed E-state index contributed by atoms with van der Waals surface area (Å²) in [6, 6.07) is 7.54. The molecule has 1 saturated heterocycles. The number of nitrogens with zero attached hydrogens (tertiary/aromatic N) is 1. The Morgan fingerprint density at radius 2 is 1.75 bits per heavy atom. The van der Waals surface area contributed by atoms with Crippen LogP contribution in [0.5, 0.6) is 0 Å². The van der Waals surface area contributed by atoms with Gasteiger partial charge in [-0.3, -0.25) is 4.90 Å². The Kier molecular flexibility index (Phi) is 4.87. The predicted molar refractivity (Wildman–Crippen MR) is 87.1 cm³/mol. The smallest absolute Gasteiger partial charge is 0.0333 e. The molecule has 0 saturated carbocycles. The van der Waals surface area contributed by atoms with Crippen LogP contribution < -0.4 is 5.32 Å². The summed E-state index contributed by atoms with van der Waals surface area (Å²) in [5, 5.41) is 3.67. The lowest BCUT2D eigenvalue weighted by molar-refractivity contribution is 0.0278. The van der Waals surface area contributed by atoms with Crippen LogP contribution in [0.1, 0.15) is 50.3 Å². The van der Waals surface area contributed by atoms with Gasteiger partial charge in [-0.05, 0) is 39.2 Å². The van der Waals surface area contributed by atoms with Crippen molar-refractivity contribution in [3.05, 3.63) is 34.9 Å². The quantitative estimate of drug-likeness (QED) is 0.901. The van der Waals surface area contributed by atoms with Crippen molar-refractivity contribution >= 4 is 0 Å². The molecule has 0 radical (unpaired) electrons. The van der Waals surface area contributed by atoms with Crippen LogP contribution >= 0.6 is 0 Å². The van der Waals surface area contributed by atoms with Crippen molar-refractivity contribution in [3.8, 4) is 0 Å². The monoisotopic (exact) mass is 274 g/mol. The van der Waals surface area contributed by atoms with E-state index in [0.29, 0.717) is 11.6 Å². The maximum absolute atomic E-state index is 3.67. The summed E-state index contributed by atoms with van der Waals surface area (Å²) in [5.74, 6) is 0. The first-order valence-corrected chi connectivity index (χ1v) is 8.04. The van der Waals surface area contributed by atoms with Gasteiger partial charge in [0.05, 0.1) is 0 Å². The molecule has 20 heavy (non-hydrogen) atoms. The highest BCUT2D eigenvalue weighted by Crippen LogP contribution is 2.29. The molecule has 1 heterocycles. The first-order valence-electron chi connectivity index (χ1n) is 8.04. The summed E-state index contributed by atoms with van der Waals surface area (Å²) >= 11 is 0. The van der Waals surface area contributed by atoms with E-state index < -0.39 is 0 Å². The minimum atomic E-state index is 0.324. The van der Waals surface area contributed by atoms with E-state index in [1.807, 2.05) is 0 Å². The van der Waals surface area contributed by atoms with Crippen molar-refractivity contribution in [1.82, 2.24) is 10.2 Å². The van der Waals surface area contributed by atoms with Crippen molar-refractivity contribution in [1.29, 1.82) is 0 Å². The molecule has 1 N–H and O–H groups in total. The maximum Gasteiger partial charge on any atom is 0.0333 e. The van der Waals surface area contributed by atoms with Gasteiger partial charge in [-0.2, -0.15) is 0 Å². The number of aryl methyl sites for hydroxylation is 2. The fraction of sp³-hybridized carbons (Fsp3) is 0.667. The normalized spacial score (nSPS) is 22.9. The Balaban J connectivity index is 2.23. The van der Waals surface area contributed by atoms with Crippen LogP contribution in [0.4, 0.5) is 0 Å². The number of nitrogens with one attached hydrogen (secondary N) is 1. The standard InChI is InChI=1S/C18H30N2/c1-6-18(7-2)13-19-16(5)11-20(18)12-17-9-14(3)8-15(4)10-17/h8-10,16,19H,6-7,11-13H2,1-5H3. The molecular weight excluding hydrogens is 244 g/mol. The summed E-state index contributed by atoms with van der Waals surface area (Å²) < 4.78 is 0. The van der Waals surface area contributed by atoms with Gasteiger partial charge in [-0.1, -0.05) is 43.2 Å². The van der Waals surface area contributed by atoms with Gasteiger partial charge in [0.2, 0.25) is 0 Å². The maximum atomic E-state index is 3.67. The summed E-state index contributed by atoms with van der Waals surface area (Å²) in [6.07, 6.45) is 2.43. The van der Waals surface area contributed by atoms with Gasteiger partial charge in [0, 0.05) is 31.2 Å². The van der Waals surface area contributed by atoms with E-state index in [0.717, 1.165) is 19.6 Å². The molecule has 0 aliphatic carbocycles. The van der Waals surface area contributed by atoms with Crippen LogP contribution in [0.3, 0.4) is 0 Å². The Morgan fingerprint density at radius 3 is 2.30 bits per heavy atom. The third-order valence-electron chi connectivity index (χ3n) is 4.92. The SMILES string of the molecule is CCC1(CC)CNC(C)CN1Cc1cc(C)cc(C)c1. The molecule has 0 bridgehead atoms. The van der Waals surface area contributed by atoms with Crippen molar-refractivity contribution < 1.29 is 0 Å². The van der Waals surface area contributed by atoms with E-state index >= 15 is 0 Å². The number of hydrogen-bond acceptors (Lipinski definition) is 2. The highest BCUT2D eigenvalue weighted by molar-refractivity contribution is 5.28. The zero-order chi connectivity index (χ0) is 14.8. The molecular formula is C18H30N2. The molecule has 1 fully saturated rings. The van der Waals surface area contributed by atoms with Crippen LogP contribution in [0.25, 0.3) is 0 Å². The van der Waals surface area contributed by atoms with E-state index in [9.17, 15) is 0 Å². The molecule has 1 aromatic rings. The van der Waals surface area contributed by atoms with E-state index in [-0.39, 0.29) is 0 Å². The molecule has 0 spiro atoms. The average molecular weight is 274 g/mol. The van der Waals surface area contributed by atoms with Crippen molar-refractivity contribution in [2.75, 3.05) is 13.1 Å². The number of benzene rings is 1. The van der Waals surface area contributed by atoms with E-state index in [4.69, 9.17) is 0 Å². The van der Waals surface area contributed by atoms with Gasteiger partial charge in [-0.25, -0.2) is 0 Å². The summed E-state index contributed by atoms with van der Waals surface area (Å²) in [4.78, 5) is 2.71. The second kappa shape index (κ2) is 6.28. The molecule has 2 rings (SSSR count). The third kappa shape index (κ3) is 3.24. The lowest BCUT2D eigenvalue weighted by atomic mass is 9.87. The molecule has 0 amide bonds. The highest BCUT2D eigenvalue weighted by Gasteiger charge is 2.37. The van der Waals surface area contributed by atoms with E-state index in [1.165, 1.54) is 29.5 Å². The first kappa shape index (κ1) is 15.5. The van der Waals surface area contributed by atoms with E-state index in [2.05, 4.69) is 63.0 Å². The lowest BCUT2D eigenvalue weighted by Gasteiger charge is -2.49. The van der Waals surface area contributed by atoms with Crippen LogP contribution in [-0.2, 0) is 6.54 Å². The first-order chi connectivity index (χ1) is 9.49. The summed E-state index contributed by atoms with van der Waals surface area (Å²) in [6.45, 7) is 14.7.